The highest BCUT2D eigenvalue weighted by molar-refractivity contribution is 8.00. The summed E-state index contributed by atoms with van der Waals surface area (Å²) >= 11 is 2.54. The van der Waals surface area contributed by atoms with Gasteiger partial charge in [0.25, 0.3) is 11.8 Å². The van der Waals surface area contributed by atoms with E-state index in [9.17, 15) is 19.2 Å². The topological polar surface area (TPSA) is 128 Å². The number of carbonyl (C=O) groups is 4. The van der Waals surface area contributed by atoms with Gasteiger partial charge in [0.05, 0.1) is 22.1 Å². The van der Waals surface area contributed by atoms with Gasteiger partial charge in [-0.2, -0.15) is 0 Å². The monoisotopic (exact) mass is 405 g/mol. The molecule has 0 aliphatic carbocycles. The van der Waals surface area contributed by atoms with Gasteiger partial charge in [0.1, 0.15) is 5.00 Å². The maximum absolute atomic E-state index is 12.2. The Bertz CT molecular complexity index is 940. The van der Waals surface area contributed by atoms with Crippen molar-refractivity contribution in [3.8, 4) is 0 Å². The van der Waals surface area contributed by atoms with Gasteiger partial charge in [-0.1, -0.05) is 0 Å². The summed E-state index contributed by atoms with van der Waals surface area (Å²) < 4.78 is 5.00. The third-order valence-corrected chi connectivity index (χ3v) is 5.67. The number of fused-ring (bicyclic) bond motifs is 1. The normalized spacial score (nSPS) is 15.4. The standard InChI is InChI=1S/C17H15N3O5S2/c1-8-15(23)19-11-6-9(2-3-12(11)27-8)17(24)25-7-13(21)20-16-10(14(18)22)4-5-26-16/h2-6,8H,7H2,1H3,(H2,18,22)(H,19,23)(H,20,21). The predicted molar refractivity (Wildman–Crippen MR) is 102 cm³/mol. The number of amides is 3. The number of hydrogen-bond acceptors (Lipinski definition) is 7. The fourth-order valence-corrected chi connectivity index (χ4v) is 4.05. The van der Waals surface area contributed by atoms with E-state index in [0.29, 0.717) is 10.7 Å². The Morgan fingerprint density at radius 1 is 1.30 bits per heavy atom. The van der Waals surface area contributed by atoms with Crippen LogP contribution < -0.4 is 16.4 Å². The van der Waals surface area contributed by atoms with Gasteiger partial charge in [0.2, 0.25) is 5.91 Å². The van der Waals surface area contributed by atoms with Crippen molar-refractivity contribution in [1.82, 2.24) is 0 Å². The molecular formula is C17H15N3O5S2. The lowest BCUT2D eigenvalue weighted by Crippen LogP contribution is -2.26. The Kier molecular flexibility index (Phi) is 5.47. The highest BCUT2D eigenvalue weighted by atomic mass is 32.2. The molecule has 2 aromatic rings. The van der Waals surface area contributed by atoms with E-state index in [-0.39, 0.29) is 22.3 Å². The quantitative estimate of drug-likeness (QED) is 0.654. The fourth-order valence-electron chi connectivity index (χ4n) is 2.31. The molecule has 140 valence electrons. The number of primary amides is 1. The van der Waals surface area contributed by atoms with Crippen LogP contribution >= 0.6 is 23.1 Å². The van der Waals surface area contributed by atoms with Crippen molar-refractivity contribution in [2.24, 2.45) is 5.73 Å². The summed E-state index contributed by atoms with van der Waals surface area (Å²) in [6, 6.07) is 6.30. The van der Waals surface area contributed by atoms with Crippen LogP contribution in [0.3, 0.4) is 0 Å². The number of anilines is 2. The van der Waals surface area contributed by atoms with Crippen LogP contribution in [0.2, 0.25) is 0 Å². The number of benzene rings is 1. The van der Waals surface area contributed by atoms with Crippen molar-refractivity contribution in [3.05, 3.63) is 40.8 Å². The number of esters is 1. The van der Waals surface area contributed by atoms with Crippen LogP contribution in [0.15, 0.2) is 34.5 Å². The molecule has 27 heavy (non-hydrogen) atoms. The SMILES string of the molecule is CC1Sc2ccc(C(=O)OCC(=O)Nc3sccc3C(N)=O)cc2NC1=O. The summed E-state index contributed by atoms with van der Waals surface area (Å²) in [5, 5.41) is 6.91. The summed E-state index contributed by atoms with van der Waals surface area (Å²) in [4.78, 5) is 47.9. The molecule has 10 heteroatoms. The van der Waals surface area contributed by atoms with Gasteiger partial charge >= 0.3 is 5.97 Å². The van der Waals surface area contributed by atoms with Gasteiger partial charge in [-0.15, -0.1) is 23.1 Å². The van der Waals surface area contributed by atoms with E-state index in [1.165, 1.54) is 23.9 Å². The zero-order valence-electron chi connectivity index (χ0n) is 14.1. The minimum Gasteiger partial charge on any atom is -0.452 e. The molecule has 0 fully saturated rings. The van der Waals surface area contributed by atoms with E-state index in [0.717, 1.165) is 16.2 Å². The number of ether oxygens (including phenoxy) is 1. The van der Waals surface area contributed by atoms with E-state index < -0.39 is 24.4 Å². The Balaban J connectivity index is 1.60. The number of thioether (sulfide) groups is 1. The lowest BCUT2D eigenvalue weighted by atomic mass is 10.2. The van der Waals surface area contributed by atoms with Gasteiger partial charge in [-0.05, 0) is 36.6 Å². The van der Waals surface area contributed by atoms with Crippen molar-refractivity contribution in [2.75, 3.05) is 17.2 Å². The first-order chi connectivity index (χ1) is 12.8. The minimum atomic E-state index is -0.702. The van der Waals surface area contributed by atoms with E-state index in [1.807, 2.05) is 0 Å². The second-order valence-corrected chi connectivity index (χ2v) is 7.91. The molecule has 0 saturated heterocycles. The number of carbonyl (C=O) groups excluding carboxylic acids is 4. The second kappa shape index (κ2) is 7.80. The summed E-state index contributed by atoms with van der Waals surface area (Å²) in [5.74, 6) is -2.10. The van der Waals surface area contributed by atoms with E-state index in [4.69, 9.17) is 10.5 Å². The predicted octanol–water partition coefficient (Wildman–Crippen LogP) is 2.08. The molecule has 1 aromatic heterocycles. The van der Waals surface area contributed by atoms with Crippen molar-refractivity contribution in [3.63, 3.8) is 0 Å². The van der Waals surface area contributed by atoms with Crippen molar-refractivity contribution in [1.29, 1.82) is 0 Å². The molecule has 1 aliphatic rings. The first-order valence-electron chi connectivity index (χ1n) is 7.81. The van der Waals surface area contributed by atoms with Crippen molar-refractivity contribution >= 4 is 57.5 Å². The average Bonchev–Trinajstić information content (AvgIpc) is 3.08. The van der Waals surface area contributed by atoms with E-state index in [2.05, 4.69) is 10.6 Å². The average molecular weight is 405 g/mol. The van der Waals surface area contributed by atoms with Gasteiger partial charge in [0, 0.05) is 4.90 Å². The lowest BCUT2D eigenvalue weighted by Gasteiger charge is -2.21. The number of rotatable bonds is 5. The summed E-state index contributed by atoms with van der Waals surface area (Å²) in [5.41, 5.74) is 6.15. The largest absolute Gasteiger partial charge is 0.452 e. The summed E-state index contributed by atoms with van der Waals surface area (Å²) in [6.45, 7) is 1.27. The number of hydrogen-bond donors (Lipinski definition) is 3. The van der Waals surface area contributed by atoms with Gasteiger partial charge < -0.3 is 21.1 Å². The molecule has 3 rings (SSSR count). The highest BCUT2D eigenvalue weighted by Gasteiger charge is 2.24. The maximum atomic E-state index is 12.2. The third-order valence-electron chi connectivity index (χ3n) is 3.66. The first-order valence-corrected chi connectivity index (χ1v) is 9.57. The van der Waals surface area contributed by atoms with Crippen LogP contribution in [0.5, 0.6) is 0 Å². The van der Waals surface area contributed by atoms with Gasteiger partial charge in [-0.25, -0.2) is 4.79 Å². The van der Waals surface area contributed by atoms with Crippen LogP contribution in [-0.4, -0.2) is 35.5 Å². The van der Waals surface area contributed by atoms with Crippen LogP contribution in [-0.2, 0) is 14.3 Å². The van der Waals surface area contributed by atoms with E-state index in [1.54, 1.807) is 24.4 Å². The smallest absolute Gasteiger partial charge is 0.338 e. The Morgan fingerprint density at radius 3 is 2.81 bits per heavy atom. The Morgan fingerprint density at radius 2 is 2.07 bits per heavy atom. The molecule has 4 N–H and O–H groups in total. The molecule has 2 heterocycles. The molecule has 1 unspecified atom stereocenters. The lowest BCUT2D eigenvalue weighted by molar-refractivity contribution is -0.119. The Labute approximate surface area is 162 Å². The van der Waals surface area contributed by atoms with Crippen LogP contribution in [0.25, 0.3) is 0 Å². The Hall–Kier alpha value is -2.85. The zero-order chi connectivity index (χ0) is 19.6. The van der Waals surface area contributed by atoms with E-state index >= 15 is 0 Å². The number of nitrogens with two attached hydrogens (primary N) is 1. The fraction of sp³-hybridized carbons (Fsp3) is 0.176. The number of thiophene rings is 1. The van der Waals surface area contributed by atoms with Crippen LogP contribution in [0.1, 0.15) is 27.6 Å². The third kappa shape index (κ3) is 4.29. The molecule has 1 aromatic carbocycles. The summed E-state index contributed by atoms with van der Waals surface area (Å²) in [6.07, 6.45) is 0. The molecule has 0 saturated carbocycles. The molecule has 1 aliphatic heterocycles. The zero-order valence-corrected chi connectivity index (χ0v) is 15.7. The molecule has 0 spiro atoms. The highest BCUT2D eigenvalue weighted by Crippen LogP contribution is 2.36. The molecule has 1 atom stereocenters. The minimum absolute atomic E-state index is 0.140. The molecular weight excluding hydrogens is 390 g/mol. The second-order valence-electron chi connectivity index (χ2n) is 5.61. The van der Waals surface area contributed by atoms with Crippen LogP contribution in [0, 0.1) is 0 Å². The van der Waals surface area contributed by atoms with Gasteiger partial charge in [-0.3, -0.25) is 14.4 Å². The van der Waals surface area contributed by atoms with Crippen molar-refractivity contribution < 1.29 is 23.9 Å². The first kappa shape index (κ1) is 18.9. The molecule has 8 nitrogen and oxygen atoms in total. The summed E-state index contributed by atoms with van der Waals surface area (Å²) in [7, 11) is 0. The van der Waals surface area contributed by atoms with Crippen LogP contribution in [0.4, 0.5) is 10.7 Å². The van der Waals surface area contributed by atoms with Crippen molar-refractivity contribution in [2.45, 2.75) is 17.1 Å². The molecule has 3 amide bonds. The van der Waals surface area contributed by atoms with Gasteiger partial charge in [0.15, 0.2) is 6.61 Å². The number of nitrogens with one attached hydrogen (secondary N) is 2. The molecule has 0 bridgehead atoms. The maximum Gasteiger partial charge on any atom is 0.338 e. The molecule has 0 radical (unpaired) electrons.